The molecule has 0 aromatic heterocycles. The van der Waals surface area contributed by atoms with Crippen LogP contribution < -0.4 is 10.6 Å². The smallest absolute Gasteiger partial charge is 0.408 e. The van der Waals surface area contributed by atoms with Gasteiger partial charge in [-0.05, 0) is 45.4 Å². The average molecular weight is 296 g/mol. The van der Waals surface area contributed by atoms with E-state index >= 15 is 0 Å². The van der Waals surface area contributed by atoms with Crippen molar-refractivity contribution in [1.82, 2.24) is 10.6 Å². The molecule has 0 aliphatic rings. The van der Waals surface area contributed by atoms with Gasteiger partial charge in [0.15, 0.2) is 0 Å². The molecular formula is C15H21FN2O3. The maximum Gasteiger partial charge on any atom is 0.408 e. The molecule has 21 heavy (non-hydrogen) atoms. The molecule has 0 unspecified atom stereocenters. The largest absolute Gasteiger partial charge is 0.444 e. The predicted octanol–water partition coefficient (Wildman–Crippen LogP) is 2.53. The van der Waals surface area contributed by atoms with Crippen LogP contribution >= 0.6 is 0 Å². The molecule has 1 atom stereocenters. The van der Waals surface area contributed by atoms with Gasteiger partial charge in [-0.3, -0.25) is 4.79 Å². The molecule has 0 fully saturated rings. The third kappa shape index (κ3) is 6.74. The Kier molecular flexibility index (Phi) is 5.69. The van der Waals surface area contributed by atoms with Crippen molar-refractivity contribution in [2.24, 2.45) is 0 Å². The molecule has 0 aliphatic carbocycles. The number of benzene rings is 1. The second-order valence-corrected chi connectivity index (χ2v) is 5.70. The fourth-order valence-corrected chi connectivity index (χ4v) is 1.59. The third-order valence-corrected chi connectivity index (χ3v) is 2.54. The molecule has 1 rings (SSSR count). The molecule has 6 heteroatoms. The zero-order valence-electron chi connectivity index (χ0n) is 12.7. The molecule has 0 heterocycles. The lowest BCUT2D eigenvalue weighted by Gasteiger charge is -2.20. The van der Waals surface area contributed by atoms with Crippen LogP contribution in [0.4, 0.5) is 9.18 Å². The van der Waals surface area contributed by atoms with Crippen molar-refractivity contribution in [3.8, 4) is 0 Å². The minimum absolute atomic E-state index is 0.180. The Morgan fingerprint density at radius 2 is 1.81 bits per heavy atom. The Bertz CT molecular complexity index is 495. The number of hydrogen-bond acceptors (Lipinski definition) is 3. The summed E-state index contributed by atoms with van der Waals surface area (Å²) in [5, 5.41) is 5.07. The van der Waals surface area contributed by atoms with Gasteiger partial charge >= 0.3 is 6.09 Å². The molecule has 0 saturated heterocycles. The molecule has 116 valence electrons. The summed E-state index contributed by atoms with van der Waals surface area (Å²) in [5.41, 5.74) is 0.170. The molecule has 1 aromatic rings. The molecule has 2 amide bonds. The second-order valence-electron chi connectivity index (χ2n) is 5.70. The summed E-state index contributed by atoms with van der Waals surface area (Å²) in [6.45, 7) is 6.81. The van der Waals surface area contributed by atoms with Gasteiger partial charge in [-0.25, -0.2) is 9.18 Å². The summed E-state index contributed by atoms with van der Waals surface area (Å²) in [6.07, 6.45) is -0.646. The lowest BCUT2D eigenvalue weighted by molar-refractivity contribution is -0.120. The Balaban J connectivity index is 2.40. The summed E-state index contributed by atoms with van der Waals surface area (Å²) in [5.74, 6) is -0.679. The van der Waals surface area contributed by atoms with Crippen LogP contribution in [0.5, 0.6) is 0 Å². The zero-order valence-corrected chi connectivity index (χ0v) is 12.7. The van der Waals surface area contributed by atoms with E-state index in [9.17, 15) is 14.0 Å². The van der Waals surface area contributed by atoms with E-state index in [0.717, 1.165) is 5.56 Å². The molecule has 0 aliphatic heterocycles. The van der Waals surface area contributed by atoms with Gasteiger partial charge in [-0.1, -0.05) is 12.1 Å². The van der Waals surface area contributed by atoms with Crippen LogP contribution in [0.25, 0.3) is 0 Å². The van der Waals surface area contributed by atoms with Crippen LogP contribution in [0.2, 0.25) is 0 Å². The highest BCUT2D eigenvalue weighted by molar-refractivity contribution is 5.82. The lowest BCUT2D eigenvalue weighted by atomic mass is 10.1. The van der Waals surface area contributed by atoms with Crippen LogP contribution in [0, 0.1) is 5.82 Å². The van der Waals surface area contributed by atoms with Crippen LogP contribution in [-0.2, 0) is 9.53 Å². The molecular weight excluding hydrogens is 275 g/mol. The maximum atomic E-state index is 12.8. The molecule has 0 spiro atoms. The summed E-state index contributed by atoms with van der Waals surface area (Å²) in [4.78, 5) is 23.1. The fraction of sp³-hybridized carbons (Fsp3) is 0.467. The van der Waals surface area contributed by atoms with E-state index in [1.54, 1.807) is 39.8 Å². The maximum absolute atomic E-state index is 12.8. The highest BCUT2D eigenvalue weighted by atomic mass is 19.1. The van der Waals surface area contributed by atoms with Crippen molar-refractivity contribution in [3.63, 3.8) is 0 Å². The fourth-order valence-electron chi connectivity index (χ4n) is 1.59. The quantitative estimate of drug-likeness (QED) is 0.897. The van der Waals surface area contributed by atoms with Gasteiger partial charge in [0, 0.05) is 0 Å². The summed E-state index contributed by atoms with van der Waals surface area (Å²) >= 11 is 0. The number of carbonyl (C=O) groups excluding carboxylic acids is 2. The summed E-state index contributed by atoms with van der Waals surface area (Å²) < 4.78 is 17.8. The molecule has 0 radical (unpaired) electrons. The Morgan fingerprint density at radius 3 is 2.33 bits per heavy atom. The van der Waals surface area contributed by atoms with E-state index in [2.05, 4.69) is 10.6 Å². The van der Waals surface area contributed by atoms with Crippen LogP contribution in [0.1, 0.15) is 39.3 Å². The molecule has 0 saturated carbocycles. The zero-order chi connectivity index (χ0) is 16.0. The number of nitrogens with one attached hydrogen (secondary N) is 2. The van der Waals surface area contributed by atoms with Crippen LogP contribution in [-0.4, -0.2) is 24.1 Å². The molecule has 0 bridgehead atoms. The van der Waals surface area contributed by atoms with Gasteiger partial charge in [0.05, 0.1) is 6.04 Å². The first kappa shape index (κ1) is 16.9. The Labute approximate surface area is 123 Å². The van der Waals surface area contributed by atoms with Gasteiger partial charge in [0.1, 0.15) is 18.0 Å². The van der Waals surface area contributed by atoms with Gasteiger partial charge in [-0.2, -0.15) is 0 Å². The van der Waals surface area contributed by atoms with Gasteiger partial charge in [-0.15, -0.1) is 0 Å². The van der Waals surface area contributed by atoms with Crippen molar-refractivity contribution < 1.29 is 18.7 Å². The standard InChI is InChI=1S/C15H21FN2O3/c1-10(11-5-7-12(16)8-6-11)18-13(19)9-17-14(20)21-15(2,3)4/h5-8,10H,9H2,1-4H3,(H,17,20)(H,18,19)/t10-/m0/s1. The number of rotatable bonds is 4. The Morgan fingerprint density at radius 1 is 1.24 bits per heavy atom. The van der Waals surface area contributed by atoms with Crippen LogP contribution in [0.15, 0.2) is 24.3 Å². The van der Waals surface area contributed by atoms with Gasteiger partial charge in [0.2, 0.25) is 5.91 Å². The first-order valence-corrected chi connectivity index (χ1v) is 6.69. The first-order chi connectivity index (χ1) is 9.67. The van der Waals surface area contributed by atoms with E-state index in [-0.39, 0.29) is 24.3 Å². The van der Waals surface area contributed by atoms with E-state index in [1.807, 2.05) is 0 Å². The highest BCUT2D eigenvalue weighted by Gasteiger charge is 2.17. The molecule has 1 aromatic carbocycles. The van der Waals surface area contributed by atoms with E-state index in [4.69, 9.17) is 4.74 Å². The van der Waals surface area contributed by atoms with Gasteiger partial charge < -0.3 is 15.4 Å². The number of carbonyl (C=O) groups is 2. The van der Waals surface area contributed by atoms with Gasteiger partial charge in [0.25, 0.3) is 0 Å². The van der Waals surface area contributed by atoms with Crippen molar-refractivity contribution in [2.45, 2.75) is 39.3 Å². The van der Waals surface area contributed by atoms with Crippen molar-refractivity contribution in [2.75, 3.05) is 6.54 Å². The normalized spacial score (nSPS) is 12.4. The number of alkyl carbamates (subject to hydrolysis) is 1. The number of halogens is 1. The third-order valence-electron chi connectivity index (χ3n) is 2.54. The molecule has 2 N–H and O–H groups in total. The topological polar surface area (TPSA) is 67.4 Å². The number of ether oxygens (including phenoxy) is 1. The Hall–Kier alpha value is -2.11. The minimum atomic E-state index is -0.646. The SMILES string of the molecule is C[C@H](NC(=O)CNC(=O)OC(C)(C)C)c1ccc(F)cc1. The predicted molar refractivity (Wildman–Crippen MR) is 77.2 cm³/mol. The number of amides is 2. The minimum Gasteiger partial charge on any atom is -0.444 e. The van der Waals surface area contributed by atoms with E-state index < -0.39 is 11.7 Å². The van der Waals surface area contributed by atoms with Crippen molar-refractivity contribution in [1.29, 1.82) is 0 Å². The summed E-state index contributed by atoms with van der Waals surface area (Å²) in [6, 6.07) is 5.58. The van der Waals surface area contributed by atoms with E-state index in [0.29, 0.717) is 0 Å². The monoisotopic (exact) mass is 296 g/mol. The second kappa shape index (κ2) is 7.06. The van der Waals surface area contributed by atoms with E-state index in [1.165, 1.54) is 12.1 Å². The molecule has 5 nitrogen and oxygen atoms in total. The number of hydrogen-bond donors (Lipinski definition) is 2. The average Bonchev–Trinajstić information content (AvgIpc) is 2.35. The van der Waals surface area contributed by atoms with Crippen LogP contribution in [0.3, 0.4) is 0 Å². The highest BCUT2D eigenvalue weighted by Crippen LogP contribution is 2.12. The summed E-state index contributed by atoms with van der Waals surface area (Å²) in [7, 11) is 0. The lowest BCUT2D eigenvalue weighted by Crippen LogP contribution is -2.40. The van der Waals surface area contributed by atoms with Crippen molar-refractivity contribution in [3.05, 3.63) is 35.6 Å². The first-order valence-electron chi connectivity index (χ1n) is 6.69. The van der Waals surface area contributed by atoms with Crippen molar-refractivity contribution >= 4 is 12.0 Å².